The molecular formula is C31H34BrN3O5S. The zero-order valence-corrected chi connectivity index (χ0v) is 26.4. The summed E-state index contributed by atoms with van der Waals surface area (Å²) in [5.41, 5.74) is 4.62. The molecule has 3 heterocycles. The van der Waals surface area contributed by atoms with Gasteiger partial charge in [-0.05, 0) is 87.6 Å². The lowest BCUT2D eigenvalue weighted by Gasteiger charge is -2.26. The van der Waals surface area contributed by atoms with Crippen LogP contribution in [-0.4, -0.2) is 43.9 Å². The highest BCUT2D eigenvalue weighted by molar-refractivity contribution is 9.10. The standard InChI is InChI=1S/C31H34BrN3O5S/c1-6-39-25-16-21(22(32)17-24(25)38-5)28-27(30(37)40-7-2)19(4)33-31-35(28)29(36)26(41-31)15-20-10-11-23(18(3)14-20)34-12-8-9-13-34/h10-11,14-17,28H,6-9,12-13H2,1-5H3/b26-15+/t28-/m0/s1. The molecule has 1 fully saturated rings. The van der Waals surface area contributed by atoms with E-state index in [2.05, 4.69) is 46.0 Å². The number of benzene rings is 2. The fourth-order valence-corrected chi connectivity index (χ4v) is 7.09. The number of carbonyl (C=O) groups is 1. The van der Waals surface area contributed by atoms with Crippen LogP contribution in [0.1, 0.15) is 56.3 Å². The second kappa shape index (κ2) is 12.2. The molecule has 0 amide bonds. The molecule has 1 saturated heterocycles. The van der Waals surface area contributed by atoms with Crippen molar-refractivity contribution in [3.8, 4) is 11.5 Å². The van der Waals surface area contributed by atoms with E-state index in [9.17, 15) is 9.59 Å². The molecule has 2 aliphatic heterocycles. The summed E-state index contributed by atoms with van der Waals surface area (Å²) in [7, 11) is 1.57. The van der Waals surface area contributed by atoms with E-state index in [1.807, 2.05) is 19.1 Å². The molecular weight excluding hydrogens is 606 g/mol. The average Bonchev–Trinajstić information content (AvgIpc) is 3.57. The predicted molar refractivity (Wildman–Crippen MR) is 165 cm³/mol. The monoisotopic (exact) mass is 639 g/mol. The normalized spacial score (nSPS) is 17.0. The molecule has 3 aromatic rings. The number of ether oxygens (including phenoxy) is 3. The number of nitrogens with zero attached hydrogens (tertiary/aromatic N) is 3. The van der Waals surface area contributed by atoms with Crippen molar-refractivity contribution in [1.82, 2.24) is 4.57 Å². The quantitative estimate of drug-likeness (QED) is 0.327. The SMILES string of the molecule is CCOC(=O)C1=C(C)N=c2s/c(=C/c3ccc(N4CCCC4)c(C)c3)c(=O)n2[C@H]1c1cc(OCC)c(OC)cc1Br. The molecule has 0 bridgehead atoms. The predicted octanol–water partition coefficient (Wildman–Crippen LogP) is 4.88. The number of fused-ring (bicyclic) bond motifs is 1. The van der Waals surface area contributed by atoms with Crippen molar-refractivity contribution >= 4 is 45.0 Å². The third-order valence-corrected chi connectivity index (χ3v) is 9.03. The number of esters is 1. The zero-order chi connectivity index (χ0) is 29.3. The van der Waals surface area contributed by atoms with Gasteiger partial charge < -0.3 is 19.1 Å². The highest BCUT2D eigenvalue weighted by Gasteiger charge is 2.35. The molecule has 8 nitrogen and oxygen atoms in total. The maximum Gasteiger partial charge on any atom is 0.338 e. The van der Waals surface area contributed by atoms with Crippen molar-refractivity contribution in [2.45, 2.75) is 46.6 Å². The van der Waals surface area contributed by atoms with Crippen molar-refractivity contribution in [3.05, 3.63) is 82.5 Å². The summed E-state index contributed by atoms with van der Waals surface area (Å²) in [6.45, 7) is 10.3. The Balaban J connectivity index is 1.68. The van der Waals surface area contributed by atoms with Gasteiger partial charge in [0.15, 0.2) is 16.3 Å². The van der Waals surface area contributed by atoms with E-state index in [1.54, 1.807) is 31.6 Å². The van der Waals surface area contributed by atoms with Crippen LogP contribution in [-0.2, 0) is 9.53 Å². The molecule has 41 heavy (non-hydrogen) atoms. The van der Waals surface area contributed by atoms with Gasteiger partial charge >= 0.3 is 5.97 Å². The van der Waals surface area contributed by atoms with Gasteiger partial charge in [-0.1, -0.05) is 33.3 Å². The minimum atomic E-state index is -0.772. The maximum atomic E-state index is 14.1. The Hall–Kier alpha value is -3.37. The second-order valence-electron chi connectivity index (χ2n) is 10.00. The van der Waals surface area contributed by atoms with Gasteiger partial charge in [0, 0.05) is 23.2 Å². The molecule has 216 valence electrons. The van der Waals surface area contributed by atoms with E-state index in [0.29, 0.717) is 48.7 Å². The first-order valence-electron chi connectivity index (χ1n) is 13.8. The first-order chi connectivity index (χ1) is 19.8. The van der Waals surface area contributed by atoms with Crippen LogP contribution in [0.3, 0.4) is 0 Å². The van der Waals surface area contributed by atoms with Crippen molar-refractivity contribution in [3.63, 3.8) is 0 Å². The Labute approximate surface area is 251 Å². The van der Waals surface area contributed by atoms with Crippen LogP contribution in [0, 0.1) is 6.92 Å². The van der Waals surface area contributed by atoms with Crippen LogP contribution in [0.15, 0.2) is 55.9 Å². The number of aromatic nitrogens is 1. The molecule has 2 aromatic carbocycles. The Morgan fingerprint density at radius 1 is 1.12 bits per heavy atom. The van der Waals surface area contributed by atoms with E-state index in [1.165, 1.54) is 35.4 Å². The Bertz CT molecular complexity index is 1700. The van der Waals surface area contributed by atoms with Gasteiger partial charge in [0.2, 0.25) is 0 Å². The molecule has 0 N–H and O–H groups in total. The third kappa shape index (κ3) is 5.59. The van der Waals surface area contributed by atoms with E-state index in [-0.39, 0.29) is 12.2 Å². The van der Waals surface area contributed by atoms with Crippen molar-refractivity contribution in [2.24, 2.45) is 4.99 Å². The Morgan fingerprint density at radius 3 is 2.54 bits per heavy atom. The molecule has 0 unspecified atom stereocenters. The highest BCUT2D eigenvalue weighted by atomic mass is 79.9. The van der Waals surface area contributed by atoms with E-state index in [0.717, 1.165) is 18.7 Å². The lowest BCUT2D eigenvalue weighted by Crippen LogP contribution is -2.40. The maximum absolute atomic E-state index is 14.1. The fraction of sp³-hybridized carbons (Fsp3) is 0.387. The summed E-state index contributed by atoms with van der Waals surface area (Å²) in [6, 6.07) is 9.14. The van der Waals surface area contributed by atoms with E-state index >= 15 is 0 Å². The number of aryl methyl sites for hydroxylation is 1. The van der Waals surface area contributed by atoms with E-state index in [4.69, 9.17) is 19.2 Å². The number of thiazole rings is 1. The third-order valence-electron chi connectivity index (χ3n) is 7.36. The summed E-state index contributed by atoms with van der Waals surface area (Å²) in [6.07, 6.45) is 4.33. The van der Waals surface area contributed by atoms with Gasteiger partial charge in [0.25, 0.3) is 5.56 Å². The Kier molecular flexibility index (Phi) is 8.70. The number of allylic oxidation sites excluding steroid dienone is 1. The molecule has 0 saturated carbocycles. The summed E-state index contributed by atoms with van der Waals surface area (Å²) < 4.78 is 19.6. The second-order valence-corrected chi connectivity index (χ2v) is 11.9. The van der Waals surface area contributed by atoms with E-state index < -0.39 is 12.0 Å². The van der Waals surface area contributed by atoms with Crippen LogP contribution >= 0.6 is 27.3 Å². The molecule has 5 rings (SSSR count). The van der Waals surface area contributed by atoms with Crippen molar-refractivity contribution in [2.75, 3.05) is 38.3 Å². The number of hydrogen-bond donors (Lipinski definition) is 0. The largest absolute Gasteiger partial charge is 0.493 e. The van der Waals surface area contributed by atoms with Crippen LogP contribution < -0.4 is 29.3 Å². The van der Waals surface area contributed by atoms with Crippen LogP contribution in [0.25, 0.3) is 6.08 Å². The van der Waals surface area contributed by atoms with Crippen molar-refractivity contribution in [1.29, 1.82) is 0 Å². The molecule has 1 aromatic heterocycles. The highest BCUT2D eigenvalue weighted by Crippen LogP contribution is 2.41. The van der Waals surface area contributed by atoms with Gasteiger partial charge in [0.05, 0.1) is 42.2 Å². The van der Waals surface area contributed by atoms with Gasteiger partial charge in [-0.25, -0.2) is 9.79 Å². The number of halogens is 1. The summed E-state index contributed by atoms with van der Waals surface area (Å²) >= 11 is 4.97. The number of carbonyl (C=O) groups excluding carboxylic acids is 1. The van der Waals surface area contributed by atoms with Gasteiger partial charge in [-0.2, -0.15) is 0 Å². The number of rotatable bonds is 8. The first-order valence-corrected chi connectivity index (χ1v) is 15.4. The number of hydrogen-bond acceptors (Lipinski definition) is 8. The summed E-state index contributed by atoms with van der Waals surface area (Å²) in [5.74, 6) is 0.546. The van der Waals surface area contributed by atoms with Crippen LogP contribution in [0.4, 0.5) is 5.69 Å². The van der Waals surface area contributed by atoms with Crippen LogP contribution in [0.5, 0.6) is 11.5 Å². The zero-order valence-electron chi connectivity index (χ0n) is 24.0. The number of anilines is 1. The molecule has 10 heteroatoms. The van der Waals surface area contributed by atoms with Crippen LogP contribution in [0.2, 0.25) is 0 Å². The average molecular weight is 641 g/mol. The number of methoxy groups -OCH3 is 1. The van der Waals surface area contributed by atoms with Crippen molar-refractivity contribution < 1.29 is 19.0 Å². The topological polar surface area (TPSA) is 82.4 Å². The minimum Gasteiger partial charge on any atom is -0.493 e. The minimum absolute atomic E-state index is 0.202. The first kappa shape index (κ1) is 29.1. The smallest absolute Gasteiger partial charge is 0.338 e. The summed E-state index contributed by atoms with van der Waals surface area (Å²) in [4.78, 5) is 35.0. The van der Waals surface area contributed by atoms with Gasteiger partial charge in [-0.15, -0.1) is 0 Å². The molecule has 0 spiro atoms. The lowest BCUT2D eigenvalue weighted by molar-refractivity contribution is -0.139. The lowest BCUT2D eigenvalue weighted by atomic mass is 9.95. The fourth-order valence-electron chi connectivity index (χ4n) is 5.51. The van der Waals surface area contributed by atoms with Gasteiger partial charge in [-0.3, -0.25) is 9.36 Å². The molecule has 0 radical (unpaired) electrons. The molecule has 2 aliphatic rings. The molecule has 0 aliphatic carbocycles. The Morgan fingerprint density at radius 2 is 1.88 bits per heavy atom. The summed E-state index contributed by atoms with van der Waals surface area (Å²) in [5, 5.41) is 0. The van der Waals surface area contributed by atoms with Gasteiger partial charge in [0.1, 0.15) is 0 Å². The molecule has 1 atom stereocenters.